The minimum Gasteiger partial charge on any atom is -0.314 e. The Morgan fingerprint density at radius 3 is 2.94 bits per heavy atom. The fourth-order valence-electron chi connectivity index (χ4n) is 2.33. The Labute approximate surface area is 98.5 Å². The molecule has 0 bridgehead atoms. The summed E-state index contributed by atoms with van der Waals surface area (Å²) in [4.78, 5) is 4.21. The zero-order valence-corrected chi connectivity index (χ0v) is 10.4. The average Bonchev–Trinajstić information content (AvgIpc) is 3.10. The number of nitrogens with one attached hydrogen (secondary N) is 1. The molecule has 1 atom stereocenters. The van der Waals surface area contributed by atoms with Crippen LogP contribution in [0.1, 0.15) is 37.3 Å². The molecule has 1 aliphatic rings. The van der Waals surface area contributed by atoms with Crippen molar-refractivity contribution in [3.05, 3.63) is 29.6 Å². The maximum atomic E-state index is 4.21. The smallest absolute Gasteiger partial charge is 0.0302 e. The lowest BCUT2D eigenvalue weighted by Crippen LogP contribution is -2.31. The predicted octanol–water partition coefficient (Wildman–Crippen LogP) is 2.71. The first-order valence-electron chi connectivity index (χ1n) is 6.44. The summed E-state index contributed by atoms with van der Waals surface area (Å²) in [5, 5.41) is 3.61. The highest BCUT2D eigenvalue weighted by molar-refractivity contribution is 5.21. The van der Waals surface area contributed by atoms with Crippen molar-refractivity contribution in [1.82, 2.24) is 10.3 Å². The molecule has 2 rings (SSSR count). The normalized spacial score (nSPS) is 17.4. The Hall–Kier alpha value is -0.890. The fourth-order valence-corrected chi connectivity index (χ4v) is 2.33. The van der Waals surface area contributed by atoms with Gasteiger partial charge in [0.2, 0.25) is 0 Å². The van der Waals surface area contributed by atoms with Gasteiger partial charge in [-0.1, -0.05) is 6.92 Å². The Morgan fingerprint density at radius 2 is 2.31 bits per heavy atom. The molecule has 1 aliphatic carbocycles. The van der Waals surface area contributed by atoms with Gasteiger partial charge in [0, 0.05) is 18.4 Å². The minimum absolute atomic E-state index is 0.726. The van der Waals surface area contributed by atoms with Crippen molar-refractivity contribution in [3.63, 3.8) is 0 Å². The zero-order valence-electron chi connectivity index (χ0n) is 10.4. The average molecular weight is 218 g/mol. The lowest BCUT2D eigenvalue weighted by Gasteiger charge is -2.17. The largest absolute Gasteiger partial charge is 0.314 e. The summed E-state index contributed by atoms with van der Waals surface area (Å²) >= 11 is 0. The molecule has 16 heavy (non-hydrogen) atoms. The molecule has 1 N–H and O–H groups in total. The van der Waals surface area contributed by atoms with Crippen LogP contribution in [0.4, 0.5) is 0 Å². The van der Waals surface area contributed by atoms with Gasteiger partial charge < -0.3 is 5.32 Å². The van der Waals surface area contributed by atoms with E-state index in [0.717, 1.165) is 24.9 Å². The van der Waals surface area contributed by atoms with E-state index in [1.165, 1.54) is 30.4 Å². The molecule has 2 nitrogen and oxygen atoms in total. The van der Waals surface area contributed by atoms with Gasteiger partial charge in [-0.2, -0.15) is 0 Å². The van der Waals surface area contributed by atoms with Crippen molar-refractivity contribution < 1.29 is 0 Å². The van der Waals surface area contributed by atoms with Crippen LogP contribution < -0.4 is 5.32 Å². The zero-order chi connectivity index (χ0) is 11.4. The highest BCUT2D eigenvalue weighted by atomic mass is 14.9. The number of hydrogen-bond acceptors (Lipinski definition) is 2. The molecule has 0 saturated heterocycles. The van der Waals surface area contributed by atoms with E-state index in [0.29, 0.717) is 0 Å². The van der Waals surface area contributed by atoms with E-state index in [4.69, 9.17) is 0 Å². The number of pyridine rings is 1. The van der Waals surface area contributed by atoms with Crippen LogP contribution in [0.15, 0.2) is 18.5 Å². The van der Waals surface area contributed by atoms with E-state index in [2.05, 4.69) is 30.2 Å². The van der Waals surface area contributed by atoms with Crippen LogP contribution >= 0.6 is 0 Å². The third-order valence-electron chi connectivity index (χ3n) is 3.53. The molecule has 2 heteroatoms. The molecule has 88 valence electrons. The van der Waals surface area contributed by atoms with E-state index in [-0.39, 0.29) is 0 Å². The molecular weight excluding hydrogens is 196 g/mol. The number of rotatable bonds is 6. The van der Waals surface area contributed by atoms with Gasteiger partial charge in [0.05, 0.1) is 0 Å². The van der Waals surface area contributed by atoms with Gasteiger partial charge in [0.1, 0.15) is 0 Å². The maximum absolute atomic E-state index is 4.21. The molecule has 1 aromatic rings. The predicted molar refractivity (Wildman–Crippen MR) is 67.5 cm³/mol. The van der Waals surface area contributed by atoms with E-state index in [1.54, 1.807) is 0 Å². The van der Waals surface area contributed by atoms with Crippen molar-refractivity contribution >= 4 is 0 Å². The molecule has 1 saturated carbocycles. The van der Waals surface area contributed by atoms with Gasteiger partial charge in [-0.25, -0.2) is 0 Å². The van der Waals surface area contributed by atoms with Gasteiger partial charge in [-0.05, 0) is 62.3 Å². The Balaban J connectivity index is 1.87. The van der Waals surface area contributed by atoms with Crippen molar-refractivity contribution in [2.24, 2.45) is 5.92 Å². The molecule has 1 aromatic heterocycles. The van der Waals surface area contributed by atoms with Crippen LogP contribution in [0.25, 0.3) is 0 Å². The van der Waals surface area contributed by atoms with Crippen LogP contribution in [0.2, 0.25) is 0 Å². The van der Waals surface area contributed by atoms with Gasteiger partial charge in [-0.3, -0.25) is 4.98 Å². The molecule has 0 amide bonds. The molecule has 0 radical (unpaired) electrons. The van der Waals surface area contributed by atoms with Gasteiger partial charge in [0.15, 0.2) is 0 Å². The van der Waals surface area contributed by atoms with Crippen LogP contribution in [0.3, 0.4) is 0 Å². The van der Waals surface area contributed by atoms with E-state index in [1.807, 2.05) is 12.4 Å². The van der Waals surface area contributed by atoms with Crippen LogP contribution in [-0.2, 0) is 6.42 Å². The van der Waals surface area contributed by atoms with Gasteiger partial charge in [0.25, 0.3) is 0 Å². The molecule has 0 spiro atoms. The van der Waals surface area contributed by atoms with Crippen molar-refractivity contribution in [3.8, 4) is 0 Å². The SMILES string of the molecule is CCNC(CCc1cnccc1C)C1CC1. The number of aryl methyl sites for hydroxylation is 2. The van der Waals surface area contributed by atoms with Crippen molar-refractivity contribution in [2.75, 3.05) is 6.54 Å². The molecule has 1 fully saturated rings. The lowest BCUT2D eigenvalue weighted by molar-refractivity contribution is 0.446. The van der Waals surface area contributed by atoms with Crippen LogP contribution in [0, 0.1) is 12.8 Å². The second kappa shape index (κ2) is 5.44. The standard InChI is InChI=1S/C14H22N2/c1-3-16-14(12-4-5-12)7-6-13-10-15-9-8-11(13)2/h8-10,12,14,16H,3-7H2,1-2H3. The highest BCUT2D eigenvalue weighted by Gasteiger charge is 2.30. The maximum Gasteiger partial charge on any atom is 0.0302 e. The number of aromatic nitrogens is 1. The Bertz CT molecular complexity index is 331. The second-order valence-electron chi connectivity index (χ2n) is 4.84. The molecule has 1 unspecified atom stereocenters. The molecule has 0 aliphatic heterocycles. The summed E-state index contributed by atoms with van der Waals surface area (Å²) in [6.07, 6.45) is 9.15. The van der Waals surface area contributed by atoms with E-state index < -0.39 is 0 Å². The number of hydrogen-bond donors (Lipinski definition) is 1. The lowest BCUT2D eigenvalue weighted by atomic mass is 10.0. The van der Waals surface area contributed by atoms with Crippen molar-refractivity contribution in [1.29, 1.82) is 0 Å². The topological polar surface area (TPSA) is 24.9 Å². The molecule has 1 heterocycles. The van der Waals surface area contributed by atoms with Crippen molar-refractivity contribution in [2.45, 2.75) is 45.6 Å². The third-order valence-corrected chi connectivity index (χ3v) is 3.53. The summed E-state index contributed by atoms with van der Waals surface area (Å²) in [7, 11) is 0. The van der Waals surface area contributed by atoms with Crippen LogP contribution in [-0.4, -0.2) is 17.6 Å². The van der Waals surface area contributed by atoms with Gasteiger partial charge in [-0.15, -0.1) is 0 Å². The summed E-state index contributed by atoms with van der Waals surface area (Å²) in [5.41, 5.74) is 2.78. The van der Waals surface area contributed by atoms with E-state index >= 15 is 0 Å². The fraction of sp³-hybridized carbons (Fsp3) is 0.643. The molecule has 0 aromatic carbocycles. The Morgan fingerprint density at radius 1 is 1.50 bits per heavy atom. The first-order chi connectivity index (χ1) is 7.81. The highest BCUT2D eigenvalue weighted by Crippen LogP contribution is 2.34. The number of nitrogens with zero attached hydrogens (tertiary/aromatic N) is 1. The molecular formula is C14H22N2. The first kappa shape index (κ1) is 11.6. The quantitative estimate of drug-likeness (QED) is 0.794. The summed E-state index contributed by atoms with van der Waals surface area (Å²) in [5.74, 6) is 0.942. The van der Waals surface area contributed by atoms with E-state index in [9.17, 15) is 0 Å². The third kappa shape index (κ3) is 3.05. The second-order valence-corrected chi connectivity index (χ2v) is 4.84. The van der Waals surface area contributed by atoms with Crippen LogP contribution in [0.5, 0.6) is 0 Å². The Kier molecular flexibility index (Phi) is 3.94. The summed E-state index contributed by atoms with van der Waals surface area (Å²) in [6.45, 7) is 5.47. The monoisotopic (exact) mass is 218 g/mol. The van der Waals surface area contributed by atoms with Gasteiger partial charge >= 0.3 is 0 Å². The minimum atomic E-state index is 0.726. The summed E-state index contributed by atoms with van der Waals surface area (Å²) in [6, 6.07) is 2.83. The summed E-state index contributed by atoms with van der Waals surface area (Å²) < 4.78 is 0. The first-order valence-corrected chi connectivity index (χ1v) is 6.44.